The fourth-order valence-electron chi connectivity index (χ4n) is 3.18. The number of amides is 2. The molecule has 8 heteroatoms. The Balaban J connectivity index is 1.41. The number of para-hydroxylation sites is 1. The summed E-state index contributed by atoms with van der Waals surface area (Å²) in [5.41, 5.74) is 0.396. The van der Waals surface area contributed by atoms with Crippen LogP contribution in [0.15, 0.2) is 52.9 Å². The third kappa shape index (κ3) is 3.48. The number of hydrogen-bond acceptors (Lipinski definition) is 5. The van der Waals surface area contributed by atoms with E-state index in [0.717, 1.165) is 0 Å². The smallest absolute Gasteiger partial charge is 0.264 e. The summed E-state index contributed by atoms with van der Waals surface area (Å²) in [6, 6.07) is 10.7. The average molecular weight is 382 g/mol. The Kier molecular flexibility index (Phi) is 4.72. The van der Waals surface area contributed by atoms with E-state index in [1.54, 1.807) is 28.0 Å². The molecule has 1 aliphatic rings. The Hall–Kier alpha value is -3.00. The van der Waals surface area contributed by atoms with E-state index >= 15 is 0 Å². The van der Waals surface area contributed by atoms with Gasteiger partial charge in [-0.15, -0.1) is 11.3 Å². The molecule has 7 nitrogen and oxygen atoms in total. The van der Waals surface area contributed by atoms with Crippen LogP contribution in [0.2, 0.25) is 0 Å². The molecule has 2 aromatic heterocycles. The molecule has 0 N–H and O–H groups in total. The van der Waals surface area contributed by atoms with Gasteiger partial charge in [0.1, 0.15) is 6.54 Å². The van der Waals surface area contributed by atoms with Crippen LogP contribution in [0.4, 0.5) is 0 Å². The van der Waals surface area contributed by atoms with Crippen molar-refractivity contribution in [1.82, 2.24) is 19.4 Å². The lowest BCUT2D eigenvalue weighted by Gasteiger charge is -2.34. The number of piperazine rings is 1. The van der Waals surface area contributed by atoms with Crippen molar-refractivity contribution < 1.29 is 9.59 Å². The van der Waals surface area contributed by atoms with E-state index < -0.39 is 0 Å². The van der Waals surface area contributed by atoms with Crippen LogP contribution >= 0.6 is 11.3 Å². The highest BCUT2D eigenvalue weighted by molar-refractivity contribution is 7.12. The molecule has 3 heterocycles. The normalized spacial score (nSPS) is 14.5. The molecule has 1 aromatic carbocycles. The van der Waals surface area contributed by atoms with Crippen molar-refractivity contribution in [2.75, 3.05) is 26.2 Å². The number of carbonyl (C=O) groups is 2. The summed E-state index contributed by atoms with van der Waals surface area (Å²) in [7, 11) is 0. The molecule has 1 aliphatic heterocycles. The molecule has 0 atom stereocenters. The molecule has 4 rings (SSSR count). The molecule has 0 unspecified atom stereocenters. The number of hydrogen-bond donors (Lipinski definition) is 0. The van der Waals surface area contributed by atoms with E-state index in [9.17, 15) is 14.4 Å². The Morgan fingerprint density at radius 2 is 1.74 bits per heavy atom. The molecule has 27 heavy (non-hydrogen) atoms. The third-order valence-corrected chi connectivity index (χ3v) is 5.55. The summed E-state index contributed by atoms with van der Waals surface area (Å²) in [6.45, 7) is 1.87. The highest BCUT2D eigenvalue weighted by Gasteiger charge is 2.25. The molecule has 3 aromatic rings. The van der Waals surface area contributed by atoms with Crippen LogP contribution in [0.1, 0.15) is 9.67 Å². The van der Waals surface area contributed by atoms with Crippen LogP contribution in [-0.4, -0.2) is 57.3 Å². The lowest BCUT2D eigenvalue weighted by molar-refractivity contribution is -0.133. The van der Waals surface area contributed by atoms with Crippen LogP contribution < -0.4 is 5.56 Å². The van der Waals surface area contributed by atoms with Crippen LogP contribution in [0, 0.1) is 0 Å². The molecular formula is C19H18N4O3S. The van der Waals surface area contributed by atoms with Crippen LogP contribution in [0.5, 0.6) is 0 Å². The number of carbonyl (C=O) groups excluding carboxylic acids is 2. The number of rotatable bonds is 3. The maximum Gasteiger partial charge on any atom is 0.264 e. The van der Waals surface area contributed by atoms with E-state index in [-0.39, 0.29) is 23.9 Å². The van der Waals surface area contributed by atoms with Gasteiger partial charge in [-0.2, -0.15) is 0 Å². The van der Waals surface area contributed by atoms with Crippen LogP contribution in [0.25, 0.3) is 10.9 Å². The quantitative estimate of drug-likeness (QED) is 0.687. The molecule has 0 radical (unpaired) electrons. The molecule has 138 valence electrons. The van der Waals surface area contributed by atoms with Gasteiger partial charge in [0.05, 0.1) is 22.1 Å². The Bertz CT molecular complexity index is 1040. The first-order chi connectivity index (χ1) is 13.1. The number of nitrogens with zero attached hydrogens (tertiary/aromatic N) is 4. The van der Waals surface area contributed by atoms with E-state index in [4.69, 9.17) is 0 Å². The summed E-state index contributed by atoms with van der Waals surface area (Å²) in [5, 5.41) is 2.38. The maximum absolute atomic E-state index is 12.6. The first-order valence-corrected chi connectivity index (χ1v) is 9.56. The van der Waals surface area contributed by atoms with Crippen molar-refractivity contribution in [2.24, 2.45) is 0 Å². The zero-order valence-electron chi connectivity index (χ0n) is 14.6. The molecule has 0 saturated carbocycles. The summed E-state index contributed by atoms with van der Waals surface area (Å²) < 4.78 is 1.34. The second-order valence-corrected chi connectivity index (χ2v) is 7.29. The number of fused-ring (bicyclic) bond motifs is 1. The minimum absolute atomic E-state index is 0.00653. The molecule has 0 bridgehead atoms. The van der Waals surface area contributed by atoms with Crippen molar-refractivity contribution in [1.29, 1.82) is 0 Å². The summed E-state index contributed by atoms with van der Waals surface area (Å²) in [5.74, 6) is -0.135. The van der Waals surface area contributed by atoms with E-state index in [0.29, 0.717) is 42.0 Å². The molecule has 1 fully saturated rings. The first kappa shape index (κ1) is 17.4. The second kappa shape index (κ2) is 7.32. The van der Waals surface area contributed by atoms with Crippen molar-refractivity contribution in [2.45, 2.75) is 6.54 Å². The van der Waals surface area contributed by atoms with Gasteiger partial charge in [0.15, 0.2) is 0 Å². The Morgan fingerprint density at radius 1 is 1.00 bits per heavy atom. The van der Waals surface area contributed by atoms with E-state index in [1.807, 2.05) is 23.6 Å². The van der Waals surface area contributed by atoms with Crippen LogP contribution in [0.3, 0.4) is 0 Å². The Morgan fingerprint density at radius 3 is 2.48 bits per heavy atom. The molecule has 1 saturated heterocycles. The lowest BCUT2D eigenvalue weighted by Crippen LogP contribution is -2.51. The molecular weight excluding hydrogens is 364 g/mol. The fraction of sp³-hybridized carbons (Fsp3) is 0.263. The largest absolute Gasteiger partial charge is 0.338 e. The highest BCUT2D eigenvalue weighted by Crippen LogP contribution is 2.14. The van der Waals surface area contributed by atoms with Gasteiger partial charge in [0.25, 0.3) is 11.5 Å². The van der Waals surface area contributed by atoms with Crippen LogP contribution in [-0.2, 0) is 11.3 Å². The highest BCUT2D eigenvalue weighted by atomic mass is 32.1. The predicted octanol–water partition coefficient (Wildman–Crippen LogP) is 1.44. The maximum atomic E-state index is 12.6. The second-order valence-electron chi connectivity index (χ2n) is 6.35. The van der Waals surface area contributed by atoms with Gasteiger partial charge in [0.2, 0.25) is 5.91 Å². The standard InChI is InChI=1S/C19H18N4O3S/c24-17(12-23-13-20-15-5-2-1-4-14(15)18(23)25)21-7-9-22(10-8-21)19(26)16-6-3-11-27-16/h1-6,11,13H,7-10,12H2. The summed E-state index contributed by atoms with van der Waals surface area (Å²) >= 11 is 1.42. The van der Waals surface area contributed by atoms with Gasteiger partial charge in [-0.3, -0.25) is 19.0 Å². The van der Waals surface area contributed by atoms with Crippen molar-refractivity contribution >= 4 is 34.1 Å². The van der Waals surface area contributed by atoms with Gasteiger partial charge in [-0.1, -0.05) is 18.2 Å². The van der Waals surface area contributed by atoms with E-state index in [2.05, 4.69) is 4.98 Å². The topological polar surface area (TPSA) is 75.5 Å². The number of benzene rings is 1. The van der Waals surface area contributed by atoms with Gasteiger partial charge < -0.3 is 9.80 Å². The van der Waals surface area contributed by atoms with Gasteiger partial charge in [-0.05, 0) is 23.6 Å². The SMILES string of the molecule is O=C(Cn1cnc2ccccc2c1=O)N1CCN(C(=O)c2cccs2)CC1. The average Bonchev–Trinajstić information content (AvgIpc) is 3.25. The molecule has 2 amide bonds. The first-order valence-electron chi connectivity index (χ1n) is 8.68. The van der Waals surface area contributed by atoms with E-state index in [1.165, 1.54) is 22.2 Å². The Labute approximate surface area is 159 Å². The summed E-state index contributed by atoms with van der Waals surface area (Å²) in [4.78, 5) is 45.9. The summed E-state index contributed by atoms with van der Waals surface area (Å²) in [6.07, 6.45) is 1.42. The molecule has 0 spiro atoms. The minimum atomic E-state index is -0.222. The van der Waals surface area contributed by atoms with Gasteiger partial charge in [0, 0.05) is 26.2 Å². The zero-order valence-corrected chi connectivity index (χ0v) is 15.4. The predicted molar refractivity (Wildman–Crippen MR) is 103 cm³/mol. The van der Waals surface area contributed by atoms with Gasteiger partial charge in [-0.25, -0.2) is 4.98 Å². The number of thiophene rings is 1. The van der Waals surface area contributed by atoms with Crippen molar-refractivity contribution in [3.05, 3.63) is 63.3 Å². The third-order valence-electron chi connectivity index (χ3n) is 4.69. The monoisotopic (exact) mass is 382 g/mol. The number of aromatic nitrogens is 2. The molecule has 0 aliphatic carbocycles. The fourth-order valence-corrected chi connectivity index (χ4v) is 3.87. The van der Waals surface area contributed by atoms with Gasteiger partial charge >= 0.3 is 0 Å². The lowest BCUT2D eigenvalue weighted by atomic mass is 10.2. The minimum Gasteiger partial charge on any atom is -0.338 e. The van der Waals surface area contributed by atoms with Crippen molar-refractivity contribution in [3.8, 4) is 0 Å². The van der Waals surface area contributed by atoms with Crippen molar-refractivity contribution in [3.63, 3.8) is 0 Å². The zero-order chi connectivity index (χ0) is 18.8.